The molecule has 0 spiro atoms. The summed E-state index contributed by atoms with van der Waals surface area (Å²) in [7, 11) is 5.55. The predicted octanol–water partition coefficient (Wildman–Crippen LogP) is 3.88. The van der Waals surface area contributed by atoms with Gasteiger partial charge in [0.1, 0.15) is 23.0 Å². The van der Waals surface area contributed by atoms with Crippen molar-refractivity contribution < 1.29 is 9.53 Å². The van der Waals surface area contributed by atoms with Crippen LogP contribution in [0, 0.1) is 0 Å². The lowest BCUT2D eigenvalue weighted by atomic mass is 10.3. The Morgan fingerprint density at radius 2 is 1.85 bits per heavy atom. The molecule has 174 valence electrons. The van der Waals surface area contributed by atoms with Gasteiger partial charge in [0, 0.05) is 52.6 Å². The SMILES string of the molecule is CNC(=O)c1cc(Oc2ccc3c(c2)nc(N(C)c2ccc(N4CCCC4)nc2)n3C)ccn1. The molecule has 4 heterocycles. The number of nitrogens with one attached hydrogen (secondary N) is 1. The van der Waals surface area contributed by atoms with Gasteiger partial charge in [0.15, 0.2) is 0 Å². The summed E-state index contributed by atoms with van der Waals surface area (Å²) in [6.07, 6.45) is 5.90. The number of benzene rings is 1. The number of anilines is 3. The first kappa shape index (κ1) is 21.7. The third-order valence-corrected chi connectivity index (χ3v) is 6.11. The van der Waals surface area contributed by atoms with Crippen LogP contribution < -0.4 is 19.9 Å². The number of carbonyl (C=O) groups excluding carboxylic acids is 1. The van der Waals surface area contributed by atoms with E-state index >= 15 is 0 Å². The third-order valence-electron chi connectivity index (χ3n) is 6.11. The summed E-state index contributed by atoms with van der Waals surface area (Å²) in [5, 5.41) is 2.57. The van der Waals surface area contributed by atoms with Crippen LogP contribution in [0.5, 0.6) is 11.5 Å². The number of hydrogen-bond donors (Lipinski definition) is 1. The van der Waals surface area contributed by atoms with Crippen LogP contribution in [0.2, 0.25) is 0 Å². The Balaban J connectivity index is 1.38. The second-order valence-electron chi connectivity index (χ2n) is 8.31. The Kier molecular flexibility index (Phi) is 5.75. The number of aryl methyl sites for hydroxylation is 1. The van der Waals surface area contributed by atoms with Crippen LogP contribution in [0.15, 0.2) is 54.9 Å². The average Bonchev–Trinajstić information content (AvgIpc) is 3.52. The van der Waals surface area contributed by atoms with Gasteiger partial charge in [-0.1, -0.05) is 0 Å². The van der Waals surface area contributed by atoms with Gasteiger partial charge >= 0.3 is 0 Å². The predicted molar refractivity (Wildman–Crippen MR) is 132 cm³/mol. The Hall–Kier alpha value is -4.14. The molecule has 9 heteroatoms. The van der Waals surface area contributed by atoms with Crippen LogP contribution in [0.4, 0.5) is 17.5 Å². The molecule has 0 unspecified atom stereocenters. The zero-order valence-corrected chi connectivity index (χ0v) is 19.5. The molecule has 0 radical (unpaired) electrons. The molecule has 4 aromatic rings. The molecule has 0 aliphatic carbocycles. The van der Waals surface area contributed by atoms with Crippen molar-refractivity contribution in [3.8, 4) is 11.5 Å². The fourth-order valence-corrected chi connectivity index (χ4v) is 4.22. The molecule has 0 saturated carbocycles. The summed E-state index contributed by atoms with van der Waals surface area (Å²) in [6.45, 7) is 2.15. The zero-order valence-electron chi connectivity index (χ0n) is 19.5. The first-order valence-corrected chi connectivity index (χ1v) is 11.3. The molecule has 1 aliphatic heterocycles. The fraction of sp³-hybridized carbons (Fsp3) is 0.280. The summed E-state index contributed by atoms with van der Waals surface area (Å²) in [5.41, 5.74) is 3.06. The number of fused-ring (bicyclic) bond motifs is 1. The van der Waals surface area contributed by atoms with Crippen LogP contribution >= 0.6 is 0 Å². The van der Waals surface area contributed by atoms with Crippen LogP contribution in [-0.2, 0) is 7.05 Å². The van der Waals surface area contributed by atoms with Crippen molar-refractivity contribution >= 4 is 34.4 Å². The quantitative estimate of drug-likeness (QED) is 0.470. The summed E-state index contributed by atoms with van der Waals surface area (Å²) in [4.78, 5) is 29.8. The molecular weight excluding hydrogens is 430 g/mol. The molecule has 3 aromatic heterocycles. The minimum absolute atomic E-state index is 0.263. The topological polar surface area (TPSA) is 88.4 Å². The van der Waals surface area contributed by atoms with Crippen LogP contribution in [0.3, 0.4) is 0 Å². The fourth-order valence-electron chi connectivity index (χ4n) is 4.22. The lowest BCUT2D eigenvalue weighted by molar-refractivity contribution is 0.0958. The number of pyridine rings is 2. The van der Waals surface area contributed by atoms with E-state index in [0.717, 1.165) is 41.6 Å². The van der Waals surface area contributed by atoms with Gasteiger partial charge in [0.25, 0.3) is 5.91 Å². The maximum Gasteiger partial charge on any atom is 0.269 e. The molecule has 1 aliphatic rings. The van der Waals surface area contributed by atoms with E-state index < -0.39 is 0 Å². The molecule has 1 fully saturated rings. The number of hydrogen-bond acceptors (Lipinski definition) is 7. The van der Waals surface area contributed by atoms with Crippen LogP contribution in [0.1, 0.15) is 23.3 Å². The van der Waals surface area contributed by atoms with Crippen LogP contribution in [-0.4, -0.2) is 52.6 Å². The maximum atomic E-state index is 11.8. The molecule has 0 atom stereocenters. The monoisotopic (exact) mass is 457 g/mol. The van der Waals surface area contributed by atoms with E-state index in [9.17, 15) is 4.79 Å². The molecular formula is C25H27N7O2. The van der Waals surface area contributed by atoms with Gasteiger partial charge in [-0.15, -0.1) is 0 Å². The van der Waals surface area contributed by atoms with E-state index in [0.29, 0.717) is 17.2 Å². The average molecular weight is 458 g/mol. The first-order valence-electron chi connectivity index (χ1n) is 11.3. The number of amides is 1. The van der Waals surface area contributed by atoms with E-state index in [1.54, 1.807) is 25.4 Å². The lowest BCUT2D eigenvalue weighted by Crippen LogP contribution is -2.19. The summed E-state index contributed by atoms with van der Waals surface area (Å²) >= 11 is 0. The largest absolute Gasteiger partial charge is 0.457 e. The molecule has 1 aromatic carbocycles. The lowest BCUT2D eigenvalue weighted by Gasteiger charge is -2.20. The summed E-state index contributed by atoms with van der Waals surface area (Å²) in [5.74, 6) is 2.72. The zero-order chi connectivity index (χ0) is 23.7. The van der Waals surface area contributed by atoms with E-state index in [1.165, 1.54) is 12.8 Å². The smallest absolute Gasteiger partial charge is 0.269 e. The van der Waals surface area contributed by atoms with Crippen molar-refractivity contribution in [3.05, 3.63) is 60.6 Å². The molecule has 1 N–H and O–H groups in total. The number of imidazole rings is 1. The van der Waals surface area contributed by atoms with Gasteiger partial charge in [-0.3, -0.25) is 9.78 Å². The number of nitrogens with zero attached hydrogens (tertiary/aromatic N) is 6. The molecule has 1 saturated heterocycles. The van der Waals surface area contributed by atoms with E-state index in [4.69, 9.17) is 9.72 Å². The normalized spacial score (nSPS) is 13.3. The van der Waals surface area contributed by atoms with Crippen molar-refractivity contribution in [2.75, 3.05) is 37.0 Å². The Morgan fingerprint density at radius 1 is 1.06 bits per heavy atom. The van der Waals surface area contributed by atoms with E-state index in [1.807, 2.05) is 48.0 Å². The van der Waals surface area contributed by atoms with Crippen molar-refractivity contribution in [1.82, 2.24) is 24.8 Å². The first-order chi connectivity index (χ1) is 16.5. The van der Waals surface area contributed by atoms with Gasteiger partial charge in [-0.2, -0.15) is 0 Å². The standard InChI is InChI=1S/C25H27N7O2/c1-26-24(33)21-15-19(10-11-27-21)34-18-7-8-22-20(14-18)29-25(31(22)3)30(2)17-6-9-23(28-16-17)32-12-4-5-13-32/h6-11,14-16H,4-5,12-13H2,1-3H3,(H,26,33). The van der Waals surface area contributed by atoms with Crippen molar-refractivity contribution in [3.63, 3.8) is 0 Å². The summed E-state index contributed by atoms with van der Waals surface area (Å²) in [6, 6.07) is 13.2. The maximum absolute atomic E-state index is 11.8. The van der Waals surface area contributed by atoms with Crippen molar-refractivity contribution in [1.29, 1.82) is 0 Å². The Bertz CT molecular complexity index is 1330. The van der Waals surface area contributed by atoms with Gasteiger partial charge in [-0.25, -0.2) is 9.97 Å². The third kappa shape index (κ3) is 4.12. The minimum Gasteiger partial charge on any atom is -0.457 e. The molecule has 5 rings (SSSR count). The molecule has 9 nitrogen and oxygen atoms in total. The van der Waals surface area contributed by atoms with Crippen molar-refractivity contribution in [2.45, 2.75) is 12.8 Å². The molecule has 34 heavy (non-hydrogen) atoms. The van der Waals surface area contributed by atoms with Gasteiger partial charge in [0.05, 0.1) is 22.9 Å². The summed E-state index contributed by atoms with van der Waals surface area (Å²) < 4.78 is 8.03. The Labute approximate surface area is 198 Å². The molecule has 0 bridgehead atoms. The van der Waals surface area contributed by atoms with Gasteiger partial charge in [0.2, 0.25) is 5.95 Å². The number of ether oxygens (including phenoxy) is 1. The molecule has 1 amide bonds. The highest BCUT2D eigenvalue weighted by Gasteiger charge is 2.17. The number of aromatic nitrogens is 4. The van der Waals surface area contributed by atoms with Gasteiger partial charge in [-0.05, 0) is 43.2 Å². The van der Waals surface area contributed by atoms with E-state index in [2.05, 4.69) is 32.3 Å². The van der Waals surface area contributed by atoms with Gasteiger partial charge < -0.3 is 24.4 Å². The number of rotatable bonds is 6. The van der Waals surface area contributed by atoms with Crippen LogP contribution in [0.25, 0.3) is 11.0 Å². The Morgan fingerprint density at radius 3 is 2.59 bits per heavy atom. The highest BCUT2D eigenvalue weighted by molar-refractivity contribution is 5.92. The highest BCUT2D eigenvalue weighted by Crippen LogP contribution is 2.31. The minimum atomic E-state index is -0.263. The van der Waals surface area contributed by atoms with E-state index in [-0.39, 0.29) is 5.91 Å². The second kappa shape index (κ2) is 9.01. The highest BCUT2D eigenvalue weighted by atomic mass is 16.5. The van der Waals surface area contributed by atoms with Crippen molar-refractivity contribution in [2.24, 2.45) is 7.05 Å². The number of carbonyl (C=O) groups is 1. The second-order valence-corrected chi connectivity index (χ2v) is 8.31.